The molecule has 0 atom stereocenters. The highest BCUT2D eigenvalue weighted by molar-refractivity contribution is 5.90. The number of fused-ring (bicyclic) bond motifs is 1. The minimum Gasteiger partial charge on any atom is -0.497 e. The molecule has 1 aromatic carbocycles. The minimum atomic E-state index is -0.369. The van der Waals surface area contributed by atoms with Crippen LogP contribution in [0.5, 0.6) is 5.75 Å². The second-order valence-electron chi connectivity index (χ2n) is 6.77. The standard InChI is InChI=1S/C20H21N3O3/c1-26-15-9-5-6-13(12-15)16-10-11-21-18-17(16)19(24)22-20(25)23(18)14-7-3-2-4-8-14/h5-6,9-12,14H,2-4,7-8H2,1H3,(H,22,24,25)/p+1. The van der Waals surface area contributed by atoms with Gasteiger partial charge in [0.05, 0.1) is 13.3 Å². The van der Waals surface area contributed by atoms with Crippen LogP contribution in [0.2, 0.25) is 0 Å². The van der Waals surface area contributed by atoms with Gasteiger partial charge in [0, 0.05) is 5.56 Å². The van der Waals surface area contributed by atoms with E-state index in [2.05, 4.69) is 9.97 Å². The molecule has 134 valence electrons. The lowest BCUT2D eigenvalue weighted by Crippen LogP contribution is -2.36. The highest BCUT2D eigenvalue weighted by Crippen LogP contribution is 2.30. The van der Waals surface area contributed by atoms with E-state index in [1.807, 2.05) is 30.3 Å². The number of aromatic nitrogens is 3. The molecule has 2 heterocycles. The summed E-state index contributed by atoms with van der Waals surface area (Å²) in [6, 6.07) is 9.57. The molecule has 1 fully saturated rings. The Balaban J connectivity index is 1.99. The second kappa shape index (κ2) is 6.78. The maximum absolute atomic E-state index is 12.7. The van der Waals surface area contributed by atoms with Crippen molar-refractivity contribution in [1.29, 1.82) is 0 Å². The molecule has 6 heteroatoms. The zero-order chi connectivity index (χ0) is 18.1. The van der Waals surface area contributed by atoms with Crippen LogP contribution in [0.15, 0.2) is 46.1 Å². The fourth-order valence-electron chi connectivity index (χ4n) is 3.95. The van der Waals surface area contributed by atoms with Crippen molar-refractivity contribution in [3.8, 4) is 16.9 Å². The van der Waals surface area contributed by atoms with Crippen molar-refractivity contribution >= 4 is 11.0 Å². The number of methoxy groups -OCH3 is 1. The highest BCUT2D eigenvalue weighted by atomic mass is 16.5. The van der Waals surface area contributed by atoms with E-state index in [1.54, 1.807) is 17.9 Å². The van der Waals surface area contributed by atoms with Crippen LogP contribution in [0.1, 0.15) is 38.1 Å². The average Bonchev–Trinajstić information content (AvgIpc) is 2.68. The van der Waals surface area contributed by atoms with Gasteiger partial charge in [-0.3, -0.25) is 9.78 Å². The van der Waals surface area contributed by atoms with Gasteiger partial charge in [0.15, 0.2) is 0 Å². The topological polar surface area (TPSA) is 78.2 Å². The SMILES string of the molecule is COc1cccc(-c2cc[nH+]c3c2c(=O)[nH]c(=O)n3C2CCCCC2)c1. The maximum atomic E-state index is 12.7. The van der Waals surface area contributed by atoms with Gasteiger partial charge in [-0.2, -0.15) is 4.57 Å². The van der Waals surface area contributed by atoms with Gasteiger partial charge in [-0.15, -0.1) is 0 Å². The Morgan fingerprint density at radius 2 is 1.96 bits per heavy atom. The van der Waals surface area contributed by atoms with Gasteiger partial charge in [0.2, 0.25) is 0 Å². The fourth-order valence-corrected chi connectivity index (χ4v) is 3.95. The summed E-state index contributed by atoms with van der Waals surface area (Å²) in [6.07, 6.45) is 7.11. The monoisotopic (exact) mass is 352 g/mol. The molecular formula is C20H22N3O3+. The first-order valence-electron chi connectivity index (χ1n) is 9.02. The molecule has 1 aliphatic rings. The molecule has 0 saturated heterocycles. The molecule has 2 aromatic heterocycles. The summed E-state index contributed by atoms with van der Waals surface area (Å²) < 4.78 is 7.04. The second-order valence-corrected chi connectivity index (χ2v) is 6.77. The van der Waals surface area contributed by atoms with Crippen molar-refractivity contribution in [2.24, 2.45) is 0 Å². The number of hydrogen-bond acceptors (Lipinski definition) is 3. The van der Waals surface area contributed by atoms with Gasteiger partial charge in [0.25, 0.3) is 11.2 Å². The number of nitrogens with zero attached hydrogens (tertiary/aromatic N) is 1. The van der Waals surface area contributed by atoms with E-state index in [1.165, 1.54) is 6.42 Å². The van der Waals surface area contributed by atoms with E-state index >= 15 is 0 Å². The molecule has 26 heavy (non-hydrogen) atoms. The predicted molar refractivity (Wildman–Crippen MR) is 99.5 cm³/mol. The Morgan fingerprint density at radius 3 is 2.73 bits per heavy atom. The first-order chi connectivity index (χ1) is 12.7. The minimum absolute atomic E-state index is 0.118. The lowest BCUT2D eigenvalue weighted by molar-refractivity contribution is -0.350. The Bertz CT molecular complexity index is 1060. The van der Waals surface area contributed by atoms with Gasteiger partial charge >= 0.3 is 5.69 Å². The molecule has 6 nitrogen and oxygen atoms in total. The van der Waals surface area contributed by atoms with Gasteiger partial charge in [-0.25, -0.2) is 9.78 Å². The quantitative estimate of drug-likeness (QED) is 0.787. The molecule has 0 bridgehead atoms. The number of hydrogen-bond donors (Lipinski definition) is 1. The van der Waals surface area contributed by atoms with Crippen molar-refractivity contribution in [2.75, 3.05) is 7.11 Å². The molecule has 1 aliphatic carbocycles. The van der Waals surface area contributed by atoms with Crippen LogP contribution < -0.4 is 21.0 Å². The lowest BCUT2D eigenvalue weighted by atomic mass is 9.95. The van der Waals surface area contributed by atoms with Crippen molar-refractivity contribution in [3.63, 3.8) is 0 Å². The van der Waals surface area contributed by atoms with Gasteiger partial charge in [-0.1, -0.05) is 18.6 Å². The normalized spacial score (nSPS) is 15.3. The van der Waals surface area contributed by atoms with Gasteiger partial charge in [-0.05, 0) is 49.4 Å². The molecule has 0 unspecified atom stereocenters. The molecule has 0 aliphatic heterocycles. The van der Waals surface area contributed by atoms with E-state index in [4.69, 9.17) is 4.74 Å². The molecule has 1 saturated carbocycles. The Labute approximate surface area is 150 Å². The molecule has 0 radical (unpaired) electrons. The van der Waals surface area contributed by atoms with E-state index in [0.717, 1.165) is 42.6 Å². The van der Waals surface area contributed by atoms with Crippen LogP contribution in [0.3, 0.4) is 0 Å². The highest BCUT2D eigenvalue weighted by Gasteiger charge is 2.27. The average molecular weight is 352 g/mol. The largest absolute Gasteiger partial charge is 0.497 e. The van der Waals surface area contributed by atoms with E-state index in [0.29, 0.717) is 11.0 Å². The van der Waals surface area contributed by atoms with Crippen LogP contribution in [0.25, 0.3) is 22.2 Å². The molecule has 0 spiro atoms. The van der Waals surface area contributed by atoms with E-state index < -0.39 is 0 Å². The molecule has 2 N–H and O–H groups in total. The van der Waals surface area contributed by atoms with Crippen molar-refractivity contribution < 1.29 is 9.72 Å². The molecule has 4 rings (SSSR count). The molecular weight excluding hydrogens is 330 g/mol. The predicted octanol–water partition coefficient (Wildman–Crippen LogP) is 2.68. The lowest BCUT2D eigenvalue weighted by Gasteiger charge is -2.20. The Kier molecular flexibility index (Phi) is 4.32. The first-order valence-corrected chi connectivity index (χ1v) is 9.02. The van der Waals surface area contributed by atoms with Crippen LogP contribution >= 0.6 is 0 Å². The first kappa shape index (κ1) is 16.6. The third kappa shape index (κ3) is 2.81. The summed E-state index contributed by atoms with van der Waals surface area (Å²) in [4.78, 5) is 30.9. The third-order valence-electron chi connectivity index (χ3n) is 5.20. The van der Waals surface area contributed by atoms with Gasteiger partial charge < -0.3 is 4.74 Å². The third-order valence-corrected chi connectivity index (χ3v) is 5.20. The van der Waals surface area contributed by atoms with E-state index in [9.17, 15) is 9.59 Å². The maximum Gasteiger partial charge on any atom is 0.416 e. The Hall–Kier alpha value is -2.89. The van der Waals surface area contributed by atoms with E-state index in [-0.39, 0.29) is 17.3 Å². The smallest absolute Gasteiger partial charge is 0.416 e. The fraction of sp³-hybridized carbons (Fsp3) is 0.350. The van der Waals surface area contributed by atoms with Crippen molar-refractivity contribution in [3.05, 3.63) is 57.4 Å². The summed E-state index contributed by atoms with van der Waals surface area (Å²) in [5, 5.41) is 0.505. The van der Waals surface area contributed by atoms with Crippen molar-refractivity contribution in [2.45, 2.75) is 38.1 Å². The number of pyridine rings is 1. The van der Waals surface area contributed by atoms with Crippen LogP contribution in [0, 0.1) is 0 Å². The zero-order valence-electron chi connectivity index (χ0n) is 14.7. The number of H-pyrrole nitrogens is 2. The number of aromatic amines is 2. The van der Waals surface area contributed by atoms with Gasteiger partial charge in [0.1, 0.15) is 17.2 Å². The molecule has 0 amide bonds. The summed E-state index contributed by atoms with van der Waals surface area (Å²) in [7, 11) is 1.61. The summed E-state index contributed by atoms with van der Waals surface area (Å²) in [5.41, 5.74) is 1.54. The summed E-state index contributed by atoms with van der Waals surface area (Å²) in [6.45, 7) is 0. The summed E-state index contributed by atoms with van der Waals surface area (Å²) >= 11 is 0. The van der Waals surface area contributed by atoms with Crippen LogP contribution in [-0.4, -0.2) is 16.7 Å². The molecule has 3 aromatic rings. The number of rotatable bonds is 3. The van der Waals surface area contributed by atoms with Crippen LogP contribution in [0.4, 0.5) is 0 Å². The summed E-state index contributed by atoms with van der Waals surface area (Å²) in [5.74, 6) is 0.723. The van der Waals surface area contributed by atoms with Crippen LogP contribution in [-0.2, 0) is 0 Å². The number of ether oxygens (including phenoxy) is 1. The number of benzene rings is 1. The zero-order valence-corrected chi connectivity index (χ0v) is 14.7. The van der Waals surface area contributed by atoms with Crippen molar-refractivity contribution in [1.82, 2.24) is 9.55 Å². The number of nitrogens with one attached hydrogen (secondary N) is 2. The Morgan fingerprint density at radius 1 is 1.15 bits per heavy atom.